The Kier molecular flexibility index (Phi) is 13.6. The van der Waals surface area contributed by atoms with Gasteiger partial charge >= 0.3 is 10.4 Å². The lowest BCUT2D eigenvalue weighted by Crippen LogP contribution is -2.33. The first-order chi connectivity index (χ1) is 25.6. The number of aromatic hydroxyl groups is 1. The molecule has 0 aromatic heterocycles. The topological polar surface area (TPSA) is 226 Å². The number of benzene rings is 4. The number of hydrogen-bond acceptors (Lipinski definition) is 12. The molecular weight excluding hydrogens is 992 g/mol. The van der Waals surface area contributed by atoms with Gasteiger partial charge < -0.3 is 39.8 Å². The molecule has 0 radical (unpaired) electrons. The zero-order valence-corrected chi connectivity index (χ0v) is 34.6. The number of carbonyl (C=O) groups is 2. The zero-order chi connectivity index (χ0) is 39.2. The van der Waals surface area contributed by atoms with Gasteiger partial charge in [0, 0.05) is 25.9 Å². The van der Waals surface area contributed by atoms with Crippen LogP contribution in [0, 0.1) is 0 Å². The Morgan fingerprint density at radius 2 is 1.15 bits per heavy atom. The predicted octanol–water partition coefficient (Wildman–Crippen LogP) is 6.99. The molecule has 0 atom stereocenters. The molecular formula is C34H28Br4N4O11S. The van der Waals surface area contributed by atoms with Gasteiger partial charge in [0.1, 0.15) is 17.2 Å². The monoisotopic (exact) mass is 1020 g/mol. The molecule has 4 aliphatic heterocycles. The van der Waals surface area contributed by atoms with Crippen molar-refractivity contribution in [3.05, 3.63) is 101 Å². The van der Waals surface area contributed by atoms with Gasteiger partial charge in [-0.1, -0.05) is 22.4 Å². The van der Waals surface area contributed by atoms with E-state index in [1.54, 1.807) is 42.5 Å². The summed E-state index contributed by atoms with van der Waals surface area (Å²) in [5, 5.41) is 41.7. The number of carbonyl (C=O) groups excluding carboxylic acids is 2. The van der Waals surface area contributed by atoms with Crippen molar-refractivity contribution in [1.29, 1.82) is 0 Å². The molecule has 4 aromatic carbocycles. The van der Waals surface area contributed by atoms with E-state index in [9.17, 15) is 38.1 Å². The molecule has 8 bridgehead atoms. The average molecular weight is 1020 g/mol. The van der Waals surface area contributed by atoms with Crippen LogP contribution in [0.15, 0.2) is 88.9 Å². The number of nitrogens with zero attached hydrogens (tertiary/aromatic N) is 2. The minimum atomic E-state index is -5.04. The molecule has 0 fully saturated rings. The van der Waals surface area contributed by atoms with E-state index in [-0.39, 0.29) is 64.8 Å². The third-order valence-corrected chi connectivity index (χ3v) is 10.4. The molecule has 20 heteroatoms. The van der Waals surface area contributed by atoms with Gasteiger partial charge in [-0.15, -0.1) is 0 Å². The van der Waals surface area contributed by atoms with Gasteiger partial charge in [0.25, 0.3) is 11.8 Å². The highest BCUT2D eigenvalue weighted by atomic mass is 79.9. The quantitative estimate of drug-likeness (QED) is 0.0682. The minimum absolute atomic E-state index is 0.00381. The Hall–Kier alpha value is -4.21. The number of phenolic OH excluding ortho intramolecular Hbond substituents is 1. The molecule has 0 spiro atoms. The van der Waals surface area contributed by atoms with Crippen molar-refractivity contribution < 1.29 is 51.7 Å². The van der Waals surface area contributed by atoms with E-state index >= 15 is 0 Å². The fraction of sp³-hybridized carbons (Fsp3) is 0.176. The van der Waals surface area contributed by atoms with Gasteiger partial charge in [-0.2, -0.15) is 8.42 Å². The van der Waals surface area contributed by atoms with E-state index in [2.05, 4.69) is 84.7 Å². The van der Waals surface area contributed by atoms with Crippen LogP contribution in [0.4, 0.5) is 0 Å². The first kappa shape index (κ1) is 41.0. The van der Waals surface area contributed by atoms with Gasteiger partial charge in [-0.3, -0.25) is 14.1 Å². The number of halogens is 4. The van der Waals surface area contributed by atoms with E-state index in [0.717, 1.165) is 11.1 Å². The summed E-state index contributed by atoms with van der Waals surface area (Å²) in [6, 6.07) is 15.9. The van der Waals surface area contributed by atoms with Gasteiger partial charge in [0.2, 0.25) is 5.75 Å². The van der Waals surface area contributed by atoms with Crippen molar-refractivity contribution in [1.82, 2.24) is 10.6 Å². The van der Waals surface area contributed by atoms with E-state index < -0.39 is 28.0 Å². The maximum atomic E-state index is 13.1. The summed E-state index contributed by atoms with van der Waals surface area (Å²) in [5.74, 6) is -1.39. The Bertz CT molecular complexity index is 2260. The van der Waals surface area contributed by atoms with E-state index in [1.807, 2.05) is 0 Å². The summed E-state index contributed by atoms with van der Waals surface area (Å²) in [5.41, 5.74) is 1.87. The summed E-state index contributed by atoms with van der Waals surface area (Å²) >= 11 is 13.5. The molecule has 6 N–H and O–H groups in total. The van der Waals surface area contributed by atoms with Crippen molar-refractivity contribution in [3.63, 3.8) is 0 Å². The number of phenols is 1. The van der Waals surface area contributed by atoms with Crippen molar-refractivity contribution in [2.45, 2.75) is 25.7 Å². The van der Waals surface area contributed by atoms with Crippen LogP contribution in [0.5, 0.6) is 34.5 Å². The highest BCUT2D eigenvalue weighted by molar-refractivity contribution is 9.11. The smallest absolute Gasteiger partial charge is 0.446 e. The van der Waals surface area contributed by atoms with Crippen LogP contribution in [0.1, 0.15) is 22.3 Å². The fourth-order valence-electron chi connectivity index (χ4n) is 5.16. The highest BCUT2D eigenvalue weighted by Gasteiger charge is 2.24. The maximum absolute atomic E-state index is 13.1. The Morgan fingerprint density at radius 1 is 0.648 bits per heavy atom. The number of hydrogen-bond donors (Lipinski definition) is 6. The molecule has 0 unspecified atom stereocenters. The summed E-state index contributed by atoms with van der Waals surface area (Å²) in [6.07, 6.45) is 0.363. The van der Waals surface area contributed by atoms with Crippen LogP contribution in [-0.4, -0.2) is 64.8 Å². The predicted molar refractivity (Wildman–Crippen MR) is 210 cm³/mol. The normalized spacial score (nSPS) is 16.2. The first-order valence-electron chi connectivity index (χ1n) is 15.6. The fourth-order valence-corrected chi connectivity index (χ4v) is 8.17. The van der Waals surface area contributed by atoms with Crippen molar-refractivity contribution in [3.8, 4) is 34.5 Å². The second kappa shape index (κ2) is 17.9. The lowest BCUT2D eigenvalue weighted by molar-refractivity contribution is -0.115. The van der Waals surface area contributed by atoms with Gasteiger partial charge in [-0.25, -0.2) is 0 Å². The van der Waals surface area contributed by atoms with Crippen molar-refractivity contribution >= 4 is 97.4 Å². The van der Waals surface area contributed by atoms with E-state index in [4.69, 9.17) is 13.7 Å². The molecule has 0 saturated carbocycles. The Morgan fingerprint density at radius 3 is 1.70 bits per heavy atom. The van der Waals surface area contributed by atoms with Crippen LogP contribution in [0.25, 0.3) is 0 Å². The van der Waals surface area contributed by atoms with E-state index in [0.29, 0.717) is 43.1 Å². The van der Waals surface area contributed by atoms with Crippen LogP contribution in [0.3, 0.4) is 0 Å². The van der Waals surface area contributed by atoms with Gasteiger partial charge in [0.05, 0.1) is 17.9 Å². The number of oxime groups is 2. The van der Waals surface area contributed by atoms with Crippen molar-refractivity contribution in [2.75, 3.05) is 13.1 Å². The SMILES string of the molecule is O=C1NCCc2ccc(O)c(c2)Oc2ccc(cc2Br)CCNC(=O)C(=NO)Cc2cc(Br)c(OS(=O)(=O)O)c(c2)Oc2c(Br)cc(cc2Br)CC1=NO. The number of amides is 2. The molecule has 54 heavy (non-hydrogen) atoms. The minimum Gasteiger partial charge on any atom is -0.504 e. The molecule has 2 amide bonds. The lowest BCUT2D eigenvalue weighted by atomic mass is 10.1. The van der Waals surface area contributed by atoms with Crippen LogP contribution >= 0.6 is 63.7 Å². The van der Waals surface area contributed by atoms with Crippen molar-refractivity contribution in [2.24, 2.45) is 10.3 Å². The molecule has 4 aliphatic rings. The Balaban J connectivity index is 1.50. The summed E-state index contributed by atoms with van der Waals surface area (Å²) in [6.45, 7) is 0.318. The number of ether oxygens (including phenoxy) is 2. The maximum Gasteiger partial charge on any atom is 0.446 e. The average Bonchev–Trinajstić information content (AvgIpc) is 3.10. The second-order valence-corrected chi connectivity index (χ2v) is 16.0. The molecule has 15 nitrogen and oxygen atoms in total. The second-order valence-electron chi connectivity index (χ2n) is 11.5. The van der Waals surface area contributed by atoms with E-state index in [1.165, 1.54) is 18.2 Å². The molecule has 0 saturated heterocycles. The Labute approximate surface area is 341 Å². The summed E-state index contributed by atoms with van der Waals surface area (Å²) < 4.78 is 51.1. The lowest BCUT2D eigenvalue weighted by Gasteiger charge is -2.17. The van der Waals surface area contributed by atoms with Gasteiger partial charge in [-0.05, 0) is 147 Å². The van der Waals surface area contributed by atoms with Gasteiger partial charge in [0.15, 0.2) is 23.0 Å². The third kappa shape index (κ3) is 10.7. The summed E-state index contributed by atoms with van der Waals surface area (Å²) in [7, 11) is -5.04. The molecule has 8 rings (SSSR count). The molecule has 284 valence electrons. The number of rotatable bonds is 2. The first-order valence-corrected chi connectivity index (χ1v) is 20.1. The molecule has 4 heterocycles. The van der Waals surface area contributed by atoms with Crippen LogP contribution < -0.4 is 24.3 Å². The summed E-state index contributed by atoms with van der Waals surface area (Å²) in [4.78, 5) is 26.1. The standard InChI is InChI=1S/C34H28Br4N4O11S/c35-21-9-17-2-4-28(21)51-29-15-18(1-3-27(29)43)6-8-40-33(44)25(41-46)13-19-10-22(36)31(23(37)11-19)52-30-16-20(12-24(38)32(30)53-54(48,49)50)14-26(42-47)34(45)39-7-5-17/h1-4,9-12,15-16,43,46-47H,5-8,13-14H2,(H,39,45)(H,40,44)(H,48,49,50). The third-order valence-electron chi connectivity index (χ3n) is 7.68. The molecule has 4 aromatic rings. The van der Waals surface area contributed by atoms with Crippen LogP contribution in [-0.2, 0) is 45.7 Å². The highest BCUT2D eigenvalue weighted by Crippen LogP contribution is 2.45. The zero-order valence-electron chi connectivity index (χ0n) is 27.5. The molecule has 0 aliphatic carbocycles. The number of nitrogens with one attached hydrogen (secondary N) is 2. The van der Waals surface area contributed by atoms with Crippen LogP contribution in [0.2, 0.25) is 0 Å². The largest absolute Gasteiger partial charge is 0.504 e.